The van der Waals surface area contributed by atoms with Crippen LogP contribution in [0.1, 0.15) is 52.0 Å². The Morgan fingerprint density at radius 3 is 2.81 bits per heavy atom. The summed E-state index contributed by atoms with van der Waals surface area (Å²) in [7, 11) is 0. The van der Waals surface area contributed by atoms with Gasteiger partial charge in [0.2, 0.25) is 0 Å². The van der Waals surface area contributed by atoms with Crippen molar-refractivity contribution in [1.29, 1.82) is 0 Å². The Labute approximate surface area is 157 Å². The molecule has 148 valence electrons. The minimum atomic E-state index is 0.184. The van der Waals surface area contributed by atoms with E-state index in [-0.39, 0.29) is 6.10 Å². The van der Waals surface area contributed by atoms with E-state index in [0.717, 1.165) is 56.7 Å². The third kappa shape index (κ3) is 6.96. The summed E-state index contributed by atoms with van der Waals surface area (Å²) in [5.74, 6) is 2.60. The summed E-state index contributed by atoms with van der Waals surface area (Å²) >= 11 is 0. The van der Waals surface area contributed by atoms with Gasteiger partial charge in [-0.1, -0.05) is 32.9 Å². The third-order valence-electron chi connectivity index (χ3n) is 4.25. The van der Waals surface area contributed by atoms with Gasteiger partial charge in [0.1, 0.15) is 6.54 Å². The molecule has 0 spiro atoms. The van der Waals surface area contributed by atoms with Crippen LogP contribution in [0.4, 0.5) is 0 Å². The SMILES string of the molecule is CCNC(=NCc1cc(C(C)C)no1)NCC1CN(CC(C)C)CCO1. The molecule has 1 aliphatic rings. The second-order valence-corrected chi connectivity index (χ2v) is 7.60. The number of nitrogens with zero attached hydrogens (tertiary/aromatic N) is 3. The van der Waals surface area contributed by atoms with Crippen molar-refractivity contribution in [3.63, 3.8) is 0 Å². The molecule has 7 heteroatoms. The maximum atomic E-state index is 5.90. The molecule has 0 aromatic carbocycles. The van der Waals surface area contributed by atoms with E-state index in [1.165, 1.54) is 0 Å². The number of aromatic nitrogens is 1. The van der Waals surface area contributed by atoms with E-state index in [1.807, 2.05) is 6.07 Å². The zero-order valence-corrected chi connectivity index (χ0v) is 16.9. The lowest BCUT2D eigenvalue weighted by Gasteiger charge is -2.34. The van der Waals surface area contributed by atoms with Gasteiger partial charge in [-0.3, -0.25) is 4.90 Å². The highest BCUT2D eigenvalue weighted by Crippen LogP contribution is 2.14. The first-order valence-corrected chi connectivity index (χ1v) is 9.79. The number of morpholine rings is 1. The third-order valence-corrected chi connectivity index (χ3v) is 4.25. The molecule has 1 saturated heterocycles. The Kier molecular flexibility index (Phi) is 8.38. The standard InChI is InChI=1S/C19H35N5O2/c1-6-20-19(21-10-16-9-18(15(4)5)23-26-16)22-11-17-13-24(7-8-25-17)12-14(2)3/h9,14-15,17H,6-8,10-13H2,1-5H3,(H2,20,21,22). The first kappa shape index (κ1) is 20.7. The molecular weight excluding hydrogens is 330 g/mol. The molecule has 1 aliphatic heterocycles. The topological polar surface area (TPSA) is 74.9 Å². The molecular formula is C19H35N5O2. The van der Waals surface area contributed by atoms with Gasteiger partial charge in [0, 0.05) is 38.8 Å². The molecule has 0 bridgehead atoms. The maximum Gasteiger partial charge on any atom is 0.191 e. The minimum Gasteiger partial charge on any atom is -0.374 e. The monoisotopic (exact) mass is 365 g/mol. The fraction of sp³-hybridized carbons (Fsp3) is 0.789. The van der Waals surface area contributed by atoms with Crippen LogP contribution in [0.2, 0.25) is 0 Å². The predicted molar refractivity (Wildman–Crippen MR) is 104 cm³/mol. The molecule has 1 fully saturated rings. The lowest BCUT2D eigenvalue weighted by molar-refractivity contribution is -0.0284. The largest absolute Gasteiger partial charge is 0.374 e. The van der Waals surface area contributed by atoms with Crippen molar-refractivity contribution in [2.24, 2.45) is 10.9 Å². The smallest absolute Gasteiger partial charge is 0.191 e. The van der Waals surface area contributed by atoms with Gasteiger partial charge in [0.15, 0.2) is 11.7 Å². The van der Waals surface area contributed by atoms with Crippen molar-refractivity contribution in [1.82, 2.24) is 20.7 Å². The maximum absolute atomic E-state index is 5.90. The van der Waals surface area contributed by atoms with Crippen molar-refractivity contribution in [3.05, 3.63) is 17.5 Å². The van der Waals surface area contributed by atoms with E-state index in [1.54, 1.807) is 0 Å². The number of guanidine groups is 1. The van der Waals surface area contributed by atoms with E-state index in [9.17, 15) is 0 Å². The quantitative estimate of drug-likeness (QED) is 0.543. The first-order chi connectivity index (χ1) is 12.5. The molecule has 26 heavy (non-hydrogen) atoms. The van der Waals surface area contributed by atoms with Crippen LogP contribution in [0.5, 0.6) is 0 Å². The van der Waals surface area contributed by atoms with Gasteiger partial charge < -0.3 is 19.9 Å². The van der Waals surface area contributed by atoms with Crippen LogP contribution in [0, 0.1) is 5.92 Å². The van der Waals surface area contributed by atoms with E-state index in [0.29, 0.717) is 18.4 Å². The molecule has 1 unspecified atom stereocenters. The Morgan fingerprint density at radius 2 is 2.15 bits per heavy atom. The zero-order valence-electron chi connectivity index (χ0n) is 16.9. The Hall–Kier alpha value is -1.60. The highest BCUT2D eigenvalue weighted by atomic mass is 16.5. The van der Waals surface area contributed by atoms with Gasteiger partial charge >= 0.3 is 0 Å². The molecule has 2 heterocycles. The summed E-state index contributed by atoms with van der Waals surface area (Å²) < 4.78 is 11.3. The summed E-state index contributed by atoms with van der Waals surface area (Å²) in [6, 6.07) is 1.98. The molecule has 0 radical (unpaired) electrons. The Morgan fingerprint density at radius 1 is 1.35 bits per heavy atom. The van der Waals surface area contributed by atoms with Gasteiger partial charge in [0.25, 0.3) is 0 Å². The fourth-order valence-corrected chi connectivity index (χ4v) is 2.97. The van der Waals surface area contributed by atoms with Crippen molar-refractivity contribution >= 4 is 5.96 Å². The molecule has 0 aliphatic carbocycles. The van der Waals surface area contributed by atoms with E-state index in [4.69, 9.17) is 9.26 Å². The van der Waals surface area contributed by atoms with Crippen molar-refractivity contribution in [2.45, 2.75) is 53.2 Å². The highest BCUT2D eigenvalue weighted by Gasteiger charge is 2.21. The average Bonchev–Trinajstić information content (AvgIpc) is 3.06. The summed E-state index contributed by atoms with van der Waals surface area (Å²) in [5.41, 5.74) is 0.967. The minimum absolute atomic E-state index is 0.184. The number of hydrogen-bond donors (Lipinski definition) is 2. The van der Waals surface area contributed by atoms with Crippen LogP contribution in [-0.4, -0.2) is 61.5 Å². The zero-order chi connectivity index (χ0) is 18.9. The summed E-state index contributed by atoms with van der Waals surface area (Å²) in [6.45, 7) is 16.7. The van der Waals surface area contributed by atoms with Gasteiger partial charge in [-0.25, -0.2) is 4.99 Å². The van der Waals surface area contributed by atoms with Crippen molar-refractivity contribution < 1.29 is 9.26 Å². The molecule has 1 aromatic heterocycles. The van der Waals surface area contributed by atoms with Gasteiger partial charge in [-0.15, -0.1) is 0 Å². The summed E-state index contributed by atoms with van der Waals surface area (Å²) in [6.07, 6.45) is 0.184. The molecule has 2 N–H and O–H groups in total. The molecule has 1 aromatic rings. The normalized spacial score (nSPS) is 19.3. The van der Waals surface area contributed by atoms with Crippen LogP contribution in [0.15, 0.2) is 15.6 Å². The van der Waals surface area contributed by atoms with Crippen LogP contribution < -0.4 is 10.6 Å². The fourth-order valence-electron chi connectivity index (χ4n) is 2.97. The lowest BCUT2D eigenvalue weighted by atomic mass is 10.1. The van der Waals surface area contributed by atoms with Crippen LogP contribution in [0.3, 0.4) is 0 Å². The summed E-state index contributed by atoms with van der Waals surface area (Å²) in [5, 5.41) is 10.7. The second-order valence-electron chi connectivity index (χ2n) is 7.60. The van der Waals surface area contributed by atoms with Gasteiger partial charge in [0.05, 0.1) is 18.4 Å². The highest BCUT2D eigenvalue weighted by molar-refractivity contribution is 5.79. The van der Waals surface area contributed by atoms with Crippen LogP contribution in [-0.2, 0) is 11.3 Å². The van der Waals surface area contributed by atoms with E-state index >= 15 is 0 Å². The van der Waals surface area contributed by atoms with E-state index in [2.05, 4.69) is 60.3 Å². The molecule has 7 nitrogen and oxygen atoms in total. The van der Waals surface area contributed by atoms with Crippen molar-refractivity contribution in [3.8, 4) is 0 Å². The lowest BCUT2D eigenvalue weighted by Crippen LogP contribution is -2.50. The van der Waals surface area contributed by atoms with Gasteiger partial charge in [-0.2, -0.15) is 0 Å². The second kappa shape index (κ2) is 10.5. The van der Waals surface area contributed by atoms with Gasteiger partial charge in [-0.05, 0) is 18.8 Å². The Balaban J connectivity index is 1.84. The number of aliphatic imine (C=N–C) groups is 1. The van der Waals surface area contributed by atoms with E-state index < -0.39 is 0 Å². The predicted octanol–water partition coefficient (Wildman–Crippen LogP) is 2.21. The number of rotatable bonds is 8. The van der Waals surface area contributed by atoms with Crippen molar-refractivity contribution in [2.75, 3.05) is 39.3 Å². The van der Waals surface area contributed by atoms with Crippen LogP contribution in [0.25, 0.3) is 0 Å². The molecule has 0 saturated carbocycles. The first-order valence-electron chi connectivity index (χ1n) is 9.79. The molecule has 0 amide bonds. The average molecular weight is 366 g/mol. The number of ether oxygens (including phenoxy) is 1. The molecule has 2 rings (SSSR count). The summed E-state index contributed by atoms with van der Waals surface area (Å²) in [4.78, 5) is 7.08. The van der Waals surface area contributed by atoms with Crippen LogP contribution >= 0.6 is 0 Å². The number of nitrogens with one attached hydrogen (secondary N) is 2. The molecule has 1 atom stereocenters. The number of hydrogen-bond acceptors (Lipinski definition) is 5. The Bertz CT molecular complexity index is 556.